The van der Waals surface area contributed by atoms with Gasteiger partial charge < -0.3 is 29.0 Å². The predicted molar refractivity (Wildman–Crippen MR) is 135 cm³/mol. The number of nitrogens with one attached hydrogen (secondary N) is 1. The molecule has 2 fully saturated rings. The molecule has 0 unspecified atom stereocenters. The van der Waals surface area contributed by atoms with Gasteiger partial charge in [0, 0.05) is 18.8 Å². The molecular weight excluding hydrogens is 482 g/mol. The average molecular weight is 508 g/mol. The Morgan fingerprint density at radius 1 is 0.917 bits per heavy atom. The van der Waals surface area contributed by atoms with Crippen LogP contribution in [0.5, 0.6) is 6.01 Å². The number of pyridine rings is 1. The maximum atomic E-state index is 8.96. The van der Waals surface area contributed by atoms with Gasteiger partial charge in [-0.05, 0) is 23.6 Å². The first-order valence-electron chi connectivity index (χ1n) is 12.0. The van der Waals surface area contributed by atoms with Crippen molar-refractivity contribution in [1.29, 1.82) is 0 Å². The SMILES string of the molecule is OCCCO[C@@H]1CO[C@H]2[C@@H]1OC[C@H]2Oc1nc2nc(-c3ccc(-c4ccccc4)cc3)c(Cl)cc2[nH]1. The molecule has 36 heavy (non-hydrogen) atoms. The van der Waals surface area contributed by atoms with Crippen LogP contribution in [-0.2, 0) is 14.2 Å². The third-order valence-electron chi connectivity index (χ3n) is 6.53. The molecule has 186 valence electrons. The molecule has 0 aliphatic carbocycles. The first-order chi connectivity index (χ1) is 17.7. The molecule has 4 heterocycles. The molecule has 2 N–H and O–H groups in total. The minimum atomic E-state index is -0.317. The summed E-state index contributed by atoms with van der Waals surface area (Å²) in [6, 6.07) is 20.5. The van der Waals surface area contributed by atoms with Gasteiger partial charge in [0.2, 0.25) is 0 Å². The summed E-state index contributed by atoms with van der Waals surface area (Å²) in [7, 11) is 0. The normalized spacial score (nSPS) is 23.3. The quantitative estimate of drug-likeness (QED) is 0.344. The van der Waals surface area contributed by atoms with E-state index in [0.29, 0.717) is 54.1 Å². The number of halogens is 1. The summed E-state index contributed by atoms with van der Waals surface area (Å²) in [6.07, 6.45) is -0.338. The number of aromatic nitrogens is 3. The van der Waals surface area contributed by atoms with Crippen LogP contribution in [0.3, 0.4) is 0 Å². The van der Waals surface area contributed by atoms with Crippen LogP contribution >= 0.6 is 11.6 Å². The lowest BCUT2D eigenvalue weighted by atomic mass is 10.0. The molecule has 0 amide bonds. The molecule has 0 bridgehead atoms. The summed E-state index contributed by atoms with van der Waals surface area (Å²) >= 11 is 6.59. The fraction of sp³-hybridized carbons (Fsp3) is 0.333. The van der Waals surface area contributed by atoms with Gasteiger partial charge >= 0.3 is 0 Å². The number of fused-ring (bicyclic) bond motifs is 2. The molecule has 0 radical (unpaired) electrons. The second-order valence-electron chi connectivity index (χ2n) is 8.91. The van der Waals surface area contributed by atoms with Crippen LogP contribution in [0.4, 0.5) is 0 Å². The van der Waals surface area contributed by atoms with Crippen molar-refractivity contribution in [2.45, 2.75) is 30.8 Å². The molecule has 0 saturated carbocycles. The Morgan fingerprint density at radius 3 is 2.39 bits per heavy atom. The van der Waals surface area contributed by atoms with Crippen LogP contribution in [0.2, 0.25) is 5.02 Å². The van der Waals surface area contributed by atoms with Crippen molar-refractivity contribution in [2.75, 3.05) is 26.4 Å². The number of ether oxygens (including phenoxy) is 4. The van der Waals surface area contributed by atoms with Gasteiger partial charge in [0.1, 0.15) is 18.3 Å². The summed E-state index contributed by atoms with van der Waals surface area (Å²) < 4.78 is 23.7. The molecule has 2 aliphatic heterocycles. The minimum Gasteiger partial charge on any atom is -0.456 e. The van der Waals surface area contributed by atoms with Crippen molar-refractivity contribution in [3.63, 3.8) is 0 Å². The highest BCUT2D eigenvalue weighted by Gasteiger charge is 2.49. The van der Waals surface area contributed by atoms with Crippen LogP contribution in [-0.4, -0.2) is 70.9 Å². The summed E-state index contributed by atoms with van der Waals surface area (Å²) in [5.74, 6) is 0. The van der Waals surface area contributed by atoms with E-state index in [0.717, 1.165) is 16.7 Å². The van der Waals surface area contributed by atoms with E-state index in [2.05, 4.69) is 34.2 Å². The zero-order chi connectivity index (χ0) is 24.5. The van der Waals surface area contributed by atoms with Gasteiger partial charge in [-0.3, -0.25) is 0 Å². The van der Waals surface area contributed by atoms with Gasteiger partial charge in [-0.15, -0.1) is 0 Å². The van der Waals surface area contributed by atoms with E-state index in [1.165, 1.54) is 0 Å². The highest BCUT2D eigenvalue weighted by molar-refractivity contribution is 6.33. The standard InChI is InChI=1S/C27H26ClN3O5/c28-19-13-20-26(30-23(19)18-9-7-17(8-10-18)16-5-2-1-3-6-16)31-27(29-20)36-22-15-35-24-21(14-34-25(22)24)33-12-4-11-32/h1-3,5-10,13,21-22,24-25,32H,4,11-12,14-15H2,(H,29,30,31)/t21-,22-,24-,25-/m1/s1. The number of benzene rings is 2. The lowest BCUT2D eigenvalue weighted by Gasteiger charge is -2.16. The van der Waals surface area contributed by atoms with Gasteiger partial charge in [0.15, 0.2) is 11.8 Å². The predicted octanol–water partition coefficient (Wildman–Crippen LogP) is 4.26. The number of aromatic amines is 1. The number of hydrogen-bond acceptors (Lipinski definition) is 7. The number of H-pyrrole nitrogens is 1. The molecule has 4 atom stereocenters. The average Bonchev–Trinajstić information content (AvgIpc) is 3.61. The van der Waals surface area contributed by atoms with Crippen LogP contribution in [0.15, 0.2) is 60.7 Å². The monoisotopic (exact) mass is 507 g/mol. The maximum absolute atomic E-state index is 8.96. The summed E-state index contributed by atoms with van der Waals surface area (Å²) in [4.78, 5) is 12.4. The zero-order valence-corrected chi connectivity index (χ0v) is 20.2. The molecule has 0 spiro atoms. The molecule has 9 heteroatoms. The molecule has 2 aromatic heterocycles. The van der Waals surface area contributed by atoms with E-state index >= 15 is 0 Å². The van der Waals surface area contributed by atoms with E-state index in [9.17, 15) is 0 Å². The smallest absolute Gasteiger partial charge is 0.296 e. The van der Waals surface area contributed by atoms with Crippen molar-refractivity contribution >= 4 is 22.8 Å². The van der Waals surface area contributed by atoms with Gasteiger partial charge in [-0.1, -0.05) is 66.2 Å². The van der Waals surface area contributed by atoms with Gasteiger partial charge in [-0.2, -0.15) is 4.98 Å². The largest absolute Gasteiger partial charge is 0.456 e. The second kappa shape index (κ2) is 10.2. The molecular formula is C27H26ClN3O5. The Balaban J connectivity index is 1.17. The summed E-state index contributed by atoms with van der Waals surface area (Å²) in [5.41, 5.74) is 5.05. The van der Waals surface area contributed by atoms with Crippen molar-refractivity contribution in [3.05, 3.63) is 65.7 Å². The lowest BCUT2D eigenvalue weighted by Crippen LogP contribution is -2.35. The maximum Gasteiger partial charge on any atom is 0.296 e. The molecule has 4 aromatic rings. The van der Waals surface area contributed by atoms with E-state index in [4.69, 9.17) is 40.6 Å². The van der Waals surface area contributed by atoms with Crippen LogP contribution < -0.4 is 4.74 Å². The van der Waals surface area contributed by atoms with Gasteiger partial charge in [0.25, 0.3) is 6.01 Å². The van der Waals surface area contributed by atoms with E-state index in [1.807, 2.05) is 36.4 Å². The second-order valence-corrected chi connectivity index (χ2v) is 9.32. The molecule has 2 aliphatic rings. The minimum absolute atomic E-state index is 0.0963. The van der Waals surface area contributed by atoms with Gasteiger partial charge in [-0.25, -0.2) is 4.98 Å². The third-order valence-corrected chi connectivity index (χ3v) is 6.82. The van der Waals surface area contributed by atoms with Crippen LogP contribution in [0.1, 0.15) is 6.42 Å². The molecule has 6 rings (SSSR count). The molecule has 2 saturated heterocycles. The van der Waals surface area contributed by atoms with Crippen molar-refractivity contribution in [3.8, 4) is 28.4 Å². The van der Waals surface area contributed by atoms with Gasteiger partial charge in [0.05, 0.1) is 29.4 Å². The summed E-state index contributed by atoms with van der Waals surface area (Å²) in [6.45, 7) is 1.37. The lowest BCUT2D eigenvalue weighted by molar-refractivity contribution is -0.0385. The van der Waals surface area contributed by atoms with E-state index in [-0.39, 0.29) is 31.0 Å². The number of hydrogen-bond donors (Lipinski definition) is 2. The number of imidazole rings is 1. The fourth-order valence-electron chi connectivity index (χ4n) is 4.72. The fourth-order valence-corrected chi connectivity index (χ4v) is 4.98. The van der Waals surface area contributed by atoms with Crippen LogP contribution in [0, 0.1) is 0 Å². The highest BCUT2D eigenvalue weighted by Crippen LogP contribution is 2.33. The van der Waals surface area contributed by atoms with Crippen molar-refractivity contribution in [1.82, 2.24) is 15.0 Å². The Kier molecular flexibility index (Phi) is 6.60. The first-order valence-corrected chi connectivity index (χ1v) is 12.4. The number of aliphatic hydroxyl groups is 1. The number of nitrogens with zero attached hydrogens (tertiary/aromatic N) is 2. The van der Waals surface area contributed by atoms with Crippen molar-refractivity contribution < 1.29 is 24.1 Å². The Labute approximate surface area is 213 Å². The van der Waals surface area contributed by atoms with Crippen LogP contribution in [0.25, 0.3) is 33.5 Å². The Morgan fingerprint density at radius 2 is 1.61 bits per heavy atom. The number of aliphatic hydroxyl groups excluding tert-OH is 1. The van der Waals surface area contributed by atoms with E-state index in [1.54, 1.807) is 0 Å². The Bertz CT molecular complexity index is 1330. The Hall–Kier alpha value is -3.01. The molecule has 8 nitrogen and oxygen atoms in total. The highest BCUT2D eigenvalue weighted by atomic mass is 35.5. The zero-order valence-electron chi connectivity index (χ0n) is 19.5. The summed E-state index contributed by atoms with van der Waals surface area (Å²) in [5, 5.41) is 9.48. The number of rotatable bonds is 8. The van der Waals surface area contributed by atoms with Crippen molar-refractivity contribution in [2.24, 2.45) is 0 Å². The topological polar surface area (TPSA) is 98.7 Å². The molecule has 2 aromatic carbocycles. The first kappa shape index (κ1) is 23.4. The third kappa shape index (κ3) is 4.58. The van der Waals surface area contributed by atoms with E-state index < -0.39 is 0 Å².